The third-order valence-electron chi connectivity index (χ3n) is 4.62. The zero-order valence-corrected chi connectivity index (χ0v) is 16.4. The largest absolute Gasteiger partial charge is 0.416 e. The lowest BCUT2D eigenvalue weighted by molar-refractivity contribution is -0.137. The van der Waals surface area contributed by atoms with Crippen LogP contribution in [-0.2, 0) is 17.5 Å². The second kappa shape index (κ2) is 8.19. The highest BCUT2D eigenvalue weighted by Crippen LogP contribution is 2.30. The Morgan fingerprint density at radius 2 is 1.74 bits per heavy atom. The molecule has 0 bridgehead atoms. The summed E-state index contributed by atoms with van der Waals surface area (Å²) in [7, 11) is 1.43. The van der Waals surface area contributed by atoms with Gasteiger partial charge in [0.1, 0.15) is 0 Å². The number of aromatic nitrogens is 4. The van der Waals surface area contributed by atoms with Gasteiger partial charge in [0, 0.05) is 18.9 Å². The summed E-state index contributed by atoms with van der Waals surface area (Å²) in [6.45, 7) is -0.0210. The average molecular weight is 426 g/mol. The van der Waals surface area contributed by atoms with Crippen molar-refractivity contribution in [1.29, 1.82) is 0 Å². The van der Waals surface area contributed by atoms with Gasteiger partial charge in [-0.2, -0.15) is 23.4 Å². The molecule has 0 amide bonds. The van der Waals surface area contributed by atoms with Crippen LogP contribution in [0.25, 0.3) is 22.8 Å². The van der Waals surface area contributed by atoms with Gasteiger partial charge < -0.3 is 4.74 Å². The van der Waals surface area contributed by atoms with Crippen molar-refractivity contribution >= 4 is 0 Å². The zero-order chi connectivity index (χ0) is 22.0. The van der Waals surface area contributed by atoms with Crippen LogP contribution in [0.15, 0.2) is 77.9 Å². The number of ether oxygens (including phenoxy) is 1. The van der Waals surface area contributed by atoms with E-state index in [1.54, 1.807) is 10.7 Å². The lowest BCUT2D eigenvalue weighted by Crippen LogP contribution is -2.20. The zero-order valence-electron chi connectivity index (χ0n) is 16.4. The van der Waals surface area contributed by atoms with Gasteiger partial charge >= 0.3 is 6.18 Å². The van der Waals surface area contributed by atoms with Gasteiger partial charge in [-0.15, -0.1) is 0 Å². The normalized spacial score (nSPS) is 11.6. The van der Waals surface area contributed by atoms with Gasteiger partial charge in [0.2, 0.25) is 5.43 Å². The number of nitrogens with zero attached hydrogens (tertiary/aromatic N) is 4. The minimum Gasteiger partial charge on any atom is -0.380 e. The minimum atomic E-state index is -4.50. The molecule has 4 rings (SSSR count). The first kappa shape index (κ1) is 20.5. The second-order valence-corrected chi connectivity index (χ2v) is 6.72. The Bertz CT molecular complexity index is 1260. The van der Waals surface area contributed by atoms with Gasteiger partial charge in [-0.25, -0.2) is 9.36 Å². The molecular formula is C22H17F3N4O2. The molecule has 9 heteroatoms. The summed E-state index contributed by atoms with van der Waals surface area (Å²) in [5, 5.41) is 8.63. The Kier molecular flexibility index (Phi) is 5.43. The van der Waals surface area contributed by atoms with Crippen molar-refractivity contribution in [2.45, 2.75) is 12.8 Å². The van der Waals surface area contributed by atoms with Crippen LogP contribution in [-0.4, -0.2) is 26.7 Å². The molecule has 0 aliphatic carbocycles. The molecule has 0 aliphatic heterocycles. The summed E-state index contributed by atoms with van der Waals surface area (Å²) in [5.74, 6) is 0. The van der Waals surface area contributed by atoms with E-state index in [1.807, 2.05) is 30.3 Å². The first-order chi connectivity index (χ1) is 14.9. The van der Waals surface area contributed by atoms with Crippen molar-refractivity contribution in [3.05, 3.63) is 94.4 Å². The van der Waals surface area contributed by atoms with E-state index in [0.29, 0.717) is 11.4 Å². The maximum atomic E-state index is 13.2. The van der Waals surface area contributed by atoms with Crippen molar-refractivity contribution in [2.24, 2.45) is 0 Å². The molecule has 0 spiro atoms. The second-order valence-electron chi connectivity index (χ2n) is 6.72. The average Bonchev–Trinajstić information content (AvgIpc) is 3.25. The summed E-state index contributed by atoms with van der Waals surface area (Å²) < 4.78 is 47.5. The fourth-order valence-electron chi connectivity index (χ4n) is 3.18. The predicted octanol–water partition coefficient (Wildman–Crippen LogP) is 4.25. The first-order valence-electron chi connectivity index (χ1n) is 9.28. The Hall–Kier alpha value is -3.72. The number of para-hydroxylation sites is 1. The van der Waals surface area contributed by atoms with E-state index in [1.165, 1.54) is 36.3 Å². The van der Waals surface area contributed by atoms with Crippen LogP contribution in [0, 0.1) is 0 Å². The molecule has 0 N–H and O–H groups in total. The molecule has 4 aromatic rings. The first-order valence-corrected chi connectivity index (χ1v) is 9.28. The van der Waals surface area contributed by atoms with Crippen molar-refractivity contribution in [3.63, 3.8) is 0 Å². The molecule has 0 saturated carbocycles. The maximum absolute atomic E-state index is 13.2. The van der Waals surface area contributed by atoms with Gasteiger partial charge in [0.25, 0.3) is 0 Å². The topological polar surface area (TPSA) is 61.9 Å². The fraction of sp³-hybridized carbons (Fsp3) is 0.136. The van der Waals surface area contributed by atoms with E-state index < -0.39 is 11.7 Å². The van der Waals surface area contributed by atoms with Gasteiger partial charge in [-0.05, 0) is 36.4 Å². The quantitative estimate of drug-likeness (QED) is 0.479. The number of methoxy groups -OCH3 is 1. The smallest absolute Gasteiger partial charge is 0.380 e. The van der Waals surface area contributed by atoms with E-state index in [0.717, 1.165) is 12.1 Å². The maximum Gasteiger partial charge on any atom is 0.416 e. The van der Waals surface area contributed by atoms with Crippen LogP contribution in [0.4, 0.5) is 13.2 Å². The van der Waals surface area contributed by atoms with Crippen LogP contribution in [0.1, 0.15) is 11.1 Å². The van der Waals surface area contributed by atoms with Gasteiger partial charge in [-0.3, -0.25) is 4.79 Å². The third-order valence-corrected chi connectivity index (χ3v) is 4.62. The molecule has 31 heavy (non-hydrogen) atoms. The molecule has 158 valence electrons. The molecule has 0 aliphatic rings. The Morgan fingerprint density at radius 1 is 1.00 bits per heavy atom. The highest BCUT2D eigenvalue weighted by molar-refractivity contribution is 5.58. The third kappa shape index (κ3) is 4.13. The Labute approximate surface area is 175 Å². The highest BCUT2D eigenvalue weighted by Gasteiger charge is 2.30. The number of hydrogen-bond acceptors (Lipinski definition) is 4. The van der Waals surface area contributed by atoms with Crippen molar-refractivity contribution in [3.8, 4) is 22.8 Å². The van der Waals surface area contributed by atoms with Crippen molar-refractivity contribution in [1.82, 2.24) is 19.6 Å². The summed E-state index contributed by atoms with van der Waals surface area (Å²) in [5.41, 5.74) is 0.400. The van der Waals surface area contributed by atoms with E-state index in [-0.39, 0.29) is 29.0 Å². The summed E-state index contributed by atoms with van der Waals surface area (Å²) in [4.78, 5) is 13.1. The fourth-order valence-corrected chi connectivity index (χ4v) is 3.18. The molecule has 0 unspecified atom stereocenters. The van der Waals surface area contributed by atoms with Gasteiger partial charge in [-0.1, -0.05) is 24.3 Å². The van der Waals surface area contributed by atoms with Crippen molar-refractivity contribution < 1.29 is 17.9 Å². The van der Waals surface area contributed by atoms with Crippen LogP contribution in [0.3, 0.4) is 0 Å². The standard InChI is InChI=1S/C22H17F3N4O2/c1-31-14-15-13-28(18-9-5-6-16(12-18)22(23,24)25)27-20(21(15)30)19-10-11-26-29(19)17-7-3-2-4-8-17/h2-13H,14H2,1H3. The molecule has 2 heterocycles. The highest BCUT2D eigenvalue weighted by atomic mass is 19.4. The SMILES string of the molecule is COCc1cn(-c2cccc(C(F)(F)F)c2)nc(-c2ccnn2-c2ccccc2)c1=O. The molecular weight excluding hydrogens is 409 g/mol. The van der Waals surface area contributed by atoms with E-state index in [4.69, 9.17) is 4.74 Å². The molecule has 0 saturated heterocycles. The number of benzene rings is 2. The summed E-state index contributed by atoms with van der Waals surface area (Å²) >= 11 is 0. The van der Waals surface area contributed by atoms with Crippen LogP contribution in [0.5, 0.6) is 0 Å². The van der Waals surface area contributed by atoms with Gasteiger partial charge in [0.15, 0.2) is 5.69 Å². The lowest BCUT2D eigenvalue weighted by Gasteiger charge is -2.14. The number of halogens is 3. The molecule has 0 radical (unpaired) electrons. The van der Waals surface area contributed by atoms with E-state index >= 15 is 0 Å². The lowest BCUT2D eigenvalue weighted by atomic mass is 10.1. The molecule has 2 aromatic carbocycles. The minimum absolute atomic E-state index is 0.0210. The van der Waals surface area contributed by atoms with E-state index in [9.17, 15) is 18.0 Å². The van der Waals surface area contributed by atoms with Crippen LogP contribution >= 0.6 is 0 Å². The predicted molar refractivity (Wildman–Crippen MR) is 108 cm³/mol. The monoisotopic (exact) mass is 426 g/mol. The molecule has 0 atom stereocenters. The Balaban J connectivity index is 1.91. The van der Waals surface area contributed by atoms with E-state index in [2.05, 4.69) is 10.2 Å². The molecule has 2 aromatic heterocycles. The van der Waals surface area contributed by atoms with Crippen LogP contribution < -0.4 is 5.43 Å². The number of alkyl halides is 3. The van der Waals surface area contributed by atoms with Crippen molar-refractivity contribution in [2.75, 3.05) is 7.11 Å². The Morgan fingerprint density at radius 3 is 2.45 bits per heavy atom. The number of hydrogen-bond donors (Lipinski definition) is 0. The number of rotatable bonds is 5. The molecule has 6 nitrogen and oxygen atoms in total. The van der Waals surface area contributed by atoms with Crippen LogP contribution in [0.2, 0.25) is 0 Å². The molecule has 0 fully saturated rings. The summed E-state index contributed by atoms with van der Waals surface area (Å²) in [6.07, 6.45) is -1.59. The van der Waals surface area contributed by atoms with Gasteiger partial charge in [0.05, 0.1) is 35.4 Å². The summed E-state index contributed by atoms with van der Waals surface area (Å²) in [6, 6.07) is 15.5.